The van der Waals surface area contributed by atoms with Crippen molar-refractivity contribution >= 4 is 34.2 Å². The predicted molar refractivity (Wildman–Crippen MR) is 150 cm³/mol. The molecule has 1 aromatic heterocycles. The van der Waals surface area contributed by atoms with Crippen LogP contribution >= 0.6 is 11.3 Å². The van der Waals surface area contributed by atoms with E-state index in [-0.39, 0.29) is 17.9 Å². The van der Waals surface area contributed by atoms with Crippen LogP contribution < -0.4 is 24.4 Å². The van der Waals surface area contributed by atoms with E-state index in [4.69, 9.17) is 14.2 Å². The summed E-state index contributed by atoms with van der Waals surface area (Å²) < 4.78 is 18.5. The number of esters is 1. The molecule has 2 heterocycles. The number of carbonyl (C=O) groups is 1. The average molecular weight is 545 g/mol. The van der Waals surface area contributed by atoms with Crippen LogP contribution in [0.2, 0.25) is 0 Å². The van der Waals surface area contributed by atoms with Crippen molar-refractivity contribution in [1.29, 1.82) is 0 Å². The second-order valence-electron chi connectivity index (χ2n) is 8.87. The summed E-state index contributed by atoms with van der Waals surface area (Å²) in [4.78, 5) is 32.4. The number of allylic oxidation sites excluding steroid dienone is 1. The smallest absolute Gasteiger partial charge is 0.338 e. The van der Waals surface area contributed by atoms with E-state index in [1.54, 1.807) is 43.7 Å². The Balaban J connectivity index is 1.77. The Morgan fingerprint density at radius 3 is 2.56 bits per heavy atom. The summed E-state index contributed by atoms with van der Waals surface area (Å²) >= 11 is 1.24. The van der Waals surface area contributed by atoms with Gasteiger partial charge in [0.25, 0.3) is 5.56 Å². The zero-order valence-corrected chi connectivity index (χ0v) is 22.9. The molecule has 200 valence electrons. The molecule has 0 spiro atoms. The fourth-order valence-corrected chi connectivity index (χ4v) is 5.89. The standard InChI is InChI=1S/C30H28N2O6S/c1-5-37-24-15-18(11-13-22(24)33)16-25-28(34)32-27(26(29(35)38-6-2)17(3)31-30(32)39-25)21-12-14-23(36-4)20-10-8-7-9-19(20)21/h7-16,27,33H,5-6H2,1-4H3/b25-16-. The third-order valence-electron chi connectivity index (χ3n) is 6.53. The van der Waals surface area contributed by atoms with Crippen LogP contribution in [-0.4, -0.2) is 36.0 Å². The molecule has 0 aliphatic carbocycles. The summed E-state index contributed by atoms with van der Waals surface area (Å²) in [6.45, 7) is 5.92. The maximum absolute atomic E-state index is 14.0. The van der Waals surface area contributed by atoms with Crippen LogP contribution in [0.25, 0.3) is 16.8 Å². The molecular weight excluding hydrogens is 516 g/mol. The van der Waals surface area contributed by atoms with Crippen molar-refractivity contribution in [1.82, 2.24) is 4.57 Å². The first-order chi connectivity index (χ1) is 18.9. The molecule has 8 nitrogen and oxygen atoms in total. The number of thiazole rings is 1. The first-order valence-corrected chi connectivity index (χ1v) is 13.4. The zero-order valence-electron chi connectivity index (χ0n) is 22.1. The summed E-state index contributed by atoms with van der Waals surface area (Å²) in [6.07, 6.45) is 1.73. The van der Waals surface area contributed by atoms with Crippen LogP contribution in [0.1, 0.15) is 37.9 Å². The Hall–Kier alpha value is -4.37. The number of aromatic hydroxyl groups is 1. The number of phenolic OH excluding ortho intramolecular Hbond substituents is 1. The van der Waals surface area contributed by atoms with Crippen molar-refractivity contribution in [2.75, 3.05) is 20.3 Å². The Kier molecular flexibility index (Phi) is 7.26. The average Bonchev–Trinajstić information content (AvgIpc) is 3.23. The minimum Gasteiger partial charge on any atom is -0.504 e. The van der Waals surface area contributed by atoms with Gasteiger partial charge < -0.3 is 19.3 Å². The Labute approximate surface area is 228 Å². The van der Waals surface area contributed by atoms with Crippen LogP contribution in [-0.2, 0) is 9.53 Å². The lowest BCUT2D eigenvalue weighted by atomic mass is 9.91. The number of rotatable bonds is 7. The van der Waals surface area contributed by atoms with Gasteiger partial charge in [-0.05, 0) is 61.6 Å². The van der Waals surface area contributed by atoms with Gasteiger partial charge in [-0.2, -0.15) is 0 Å². The van der Waals surface area contributed by atoms with Gasteiger partial charge in [0.15, 0.2) is 16.3 Å². The van der Waals surface area contributed by atoms with E-state index >= 15 is 0 Å². The predicted octanol–water partition coefficient (Wildman–Crippen LogP) is 4.06. The van der Waals surface area contributed by atoms with Crippen molar-refractivity contribution < 1.29 is 24.1 Å². The SMILES string of the molecule is CCOC(=O)C1=C(C)N=c2s/c(=C\c3ccc(O)c(OCC)c3)c(=O)n2C1c1ccc(OC)c2ccccc12. The lowest BCUT2D eigenvalue weighted by Crippen LogP contribution is -2.40. The summed E-state index contributed by atoms with van der Waals surface area (Å²) in [6, 6.07) is 15.6. The van der Waals surface area contributed by atoms with Crippen LogP contribution in [0.4, 0.5) is 0 Å². The fourth-order valence-electron chi connectivity index (χ4n) is 4.84. The third-order valence-corrected chi connectivity index (χ3v) is 7.51. The van der Waals surface area contributed by atoms with Crippen LogP contribution in [0.15, 0.2) is 75.7 Å². The molecule has 0 saturated heterocycles. The highest BCUT2D eigenvalue weighted by Crippen LogP contribution is 2.38. The van der Waals surface area contributed by atoms with E-state index in [9.17, 15) is 14.7 Å². The molecule has 4 aromatic rings. The number of nitrogens with zero attached hydrogens (tertiary/aromatic N) is 2. The summed E-state index contributed by atoms with van der Waals surface area (Å²) in [7, 11) is 1.61. The highest BCUT2D eigenvalue weighted by atomic mass is 32.1. The Morgan fingerprint density at radius 2 is 1.85 bits per heavy atom. The monoisotopic (exact) mass is 544 g/mol. The molecule has 39 heavy (non-hydrogen) atoms. The van der Waals surface area contributed by atoms with Gasteiger partial charge in [0.05, 0.1) is 42.2 Å². The Bertz CT molecular complexity index is 1800. The van der Waals surface area contributed by atoms with Gasteiger partial charge in [0.2, 0.25) is 0 Å². The normalized spacial score (nSPS) is 15.2. The molecule has 0 saturated carbocycles. The lowest BCUT2D eigenvalue weighted by molar-refractivity contribution is -0.139. The topological polar surface area (TPSA) is 99.4 Å². The van der Waals surface area contributed by atoms with E-state index in [0.29, 0.717) is 44.3 Å². The molecule has 1 aliphatic rings. The number of aromatic nitrogens is 1. The first kappa shape index (κ1) is 26.2. The van der Waals surface area contributed by atoms with Crippen LogP contribution in [0.3, 0.4) is 0 Å². The van der Waals surface area contributed by atoms with Crippen LogP contribution in [0, 0.1) is 0 Å². The van der Waals surface area contributed by atoms with Gasteiger partial charge in [-0.25, -0.2) is 9.79 Å². The van der Waals surface area contributed by atoms with Gasteiger partial charge in [-0.3, -0.25) is 9.36 Å². The molecule has 0 radical (unpaired) electrons. The highest BCUT2D eigenvalue weighted by molar-refractivity contribution is 7.07. The van der Waals surface area contributed by atoms with Gasteiger partial charge in [0, 0.05) is 5.39 Å². The maximum atomic E-state index is 14.0. The van der Waals surface area contributed by atoms with Crippen molar-refractivity contribution in [2.45, 2.75) is 26.8 Å². The van der Waals surface area contributed by atoms with E-state index in [1.807, 2.05) is 43.3 Å². The zero-order chi connectivity index (χ0) is 27.7. The van der Waals surface area contributed by atoms with E-state index in [0.717, 1.165) is 16.3 Å². The third kappa shape index (κ3) is 4.70. The number of carbonyl (C=O) groups excluding carboxylic acids is 1. The van der Waals surface area contributed by atoms with Gasteiger partial charge in [-0.1, -0.05) is 47.7 Å². The largest absolute Gasteiger partial charge is 0.504 e. The molecule has 0 bridgehead atoms. The van der Waals surface area contributed by atoms with Crippen LogP contribution in [0.5, 0.6) is 17.2 Å². The van der Waals surface area contributed by atoms with Crippen molar-refractivity contribution in [2.24, 2.45) is 4.99 Å². The highest BCUT2D eigenvalue weighted by Gasteiger charge is 2.34. The number of methoxy groups -OCH3 is 1. The first-order valence-electron chi connectivity index (χ1n) is 12.6. The van der Waals surface area contributed by atoms with E-state index < -0.39 is 12.0 Å². The molecule has 1 unspecified atom stereocenters. The molecule has 1 atom stereocenters. The molecule has 5 rings (SSSR count). The second kappa shape index (κ2) is 10.8. The lowest BCUT2D eigenvalue weighted by Gasteiger charge is -2.26. The van der Waals surface area contributed by atoms with Crippen molar-refractivity contribution in [3.63, 3.8) is 0 Å². The fraction of sp³-hybridized carbons (Fsp3) is 0.233. The summed E-state index contributed by atoms with van der Waals surface area (Å²) in [5, 5.41) is 11.8. The number of fused-ring (bicyclic) bond motifs is 2. The van der Waals surface area contributed by atoms with Crippen molar-refractivity contribution in [3.05, 3.63) is 96.7 Å². The molecule has 1 N–H and O–H groups in total. The number of ether oxygens (including phenoxy) is 3. The second-order valence-corrected chi connectivity index (χ2v) is 9.87. The molecule has 0 amide bonds. The molecule has 3 aromatic carbocycles. The van der Waals surface area contributed by atoms with E-state index in [2.05, 4.69) is 4.99 Å². The minimum atomic E-state index is -0.753. The number of hydrogen-bond acceptors (Lipinski definition) is 8. The maximum Gasteiger partial charge on any atom is 0.338 e. The molecule has 1 aliphatic heterocycles. The number of benzene rings is 3. The minimum absolute atomic E-state index is 0.0246. The number of hydrogen-bond donors (Lipinski definition) is 1. The van der Waals surface area contributed by atoms with Gasteiger partial charge in [-0.15, -0.1) is 0 Å². The molecule has 9 heteroatoms. The molecular formula is C30H28N2O6S. The van der Waals surface area contributed by atoms with Crippen molar-refractivity contribution in [3.8, 4) is 17.2 Å². The summed E-state index contributed by atoms with van der Waals surface area (Å²) in [5.41, 5.74) is 1.97. The summed E-state index contributed by atoms with van der Waals surface area (Å²) in [5.74, 6) is 0.536. The molecule has 0 fully saturated rings. The van der Waals surface area contributed by atoms with E-state index in [1.165, 1.54) is 17.4 Å². The van der Waals surface area contributed by atoms with Gasteiger partial charge >= 0.3 is 5.97 Å². The van der Waals surface area contributed by atoms with Gasteiger partial charge in [0.1, 0.15) is 5.75 Å². The quantitative estimate of drug-likeness (QED) is 0.352. The number of phenols is 1. The Morgan fingerprint density at radius 1 is 1.08 bits per heavy atom.